The van der Waals surface area contributed by atoms with E-state index in [9.17, 15) is 10.4 Å². The lowest BCUT2D eigenvalue weighted by Gasteiger charge is -2.46. The predicted octanol–water partition coefficient (Wildman–Crippen LogP) is 1.93. The fourth-order valence-electron chi connectivity index (χ4n) is 2.92. The summed E-state index contributed by atoms with van der Waals surface area (Å²) in [4.78, 5) is 0. The number of aryl methyl sites for hydroxylation is 1. The summed E-state index contributed by atoms with van der Waals surface area (Å²) in [5, 5.41) is 22.8. The van der Waals surface area contributed by atoms with Gasteiger partial charge in [-0.3, -0.25) is 0 Å². The highest BCUT2D eigenvalue weighted by atomic mass is 16.6. The monoisotopic (exact) mass is 311 g/mol. The van der Waals surface area contributed by atoms with Gasteiger partial charge in [0.15, 0.2) is 24.6 Å². The van der Waals surface area contributed by atoms with Crippen LogP contribution in [0.1, 0.15) is 18.1 Å². The van der Waals surface area contributed by atoms with Crippen molar-refractivity contribution in [3.05, 3.63) is 28.5 Å². The molecular weight excluding hydrogens is 284 g/mol. The summed E-state index contributed by atoms with van der Waals surface area (Å²) in [6.07, 6.45) is 0.883. The first-order valence-corrected chi connectivity index (χ1v) is 7.70. The first-order chi connectivity index (χ1) is 10.3. The second-order valence-corrected chi connectivity index (χ2v) is 6.29. The average Bonchev–Trinajstić information content (AvgIpc) is 2.50. The molecule has 124 valence electrons. The van der Waals surface area contributed by atoms with Gasteiger partial charge in [-0.15, -0.1) is 0 Å². The molecule has 0 radical (unpaired) electrons. The smallest absolute Gasteiger partial charge is 0.169 e. The Hall–Kier alpha value is -1.34. The predicted molar refractivity (Wildman–Crippen MR) is 83.7 cm³/mol. The minimum Gasteiger partial charge on any atom is -0.633 e. The van der Waals surface area contributed by atoms with Gasteiger partial charge in [0.05, 0.1) is 26.8 Å². The maximum atomic E-state index is 12.0. The van der Waals surface area contributed by atoms with E-state index in [2.05, 4.69) is 13.0 Å². The van der Waals surface area contributed by atoms with E-state index in [1.165, 1.54) is 0 Å². The van der Waals surface area contributed by atoms with Crippen LogP contribution in [0.3, 0.4) is 0 Å². The lowest BCUT2D eigenvalue weighted by Crippen LogP contribution is -2.61. The number of quaternary nitrogens is 2. The van der Waals surface area contributed by atoms with Crippen molar-refractivity contribution in [1.82, 2.24) is 0 Å². The van der Waals surface area contributed by atoms with E-state index in [0.29, 0.717) is 44.2 Å². The molecule has 0 atom stereocenters. The molecular formula is C16H27N2O4+. The molecule has 1 aromatic carbocycles. The van der Waals surface area contributed by atoms with Crippen LogP contribution in [0.2, 0.25) is 0 Å². The van der Waals surface area contributed by atoms with Crippen LogP contribution >= 0.6 is 0 Å². The van der Waals surface area contributed by atoms with E-state index in [1.54, 1.807) is 21.3 Å². The Labute approximate surface area is 132 Å². The molecule has 1 aliphatic rings. The Morgan fingerprint density at radius 3 is 2.27 bits per heavy atom. The Morgan fingerprint density at radius 2 is 1.77 bits per heavy atom. The van der Waals surface area contributed by atoms with Crippen LogP contribution in [0.15, 0.2) is 12.1 Å². The van der Waals surface area contributed by atoms with Crippen molar-refractivity contribution in [2.24, 2.45) is 0 Å². The quantitative estimate of drug-likeness (QED) is 0.667. The number of nitrogens with zero attached hydrogens (tertiary/aromatic N) is 2. The van der Waals surface area contributed by atoms with Gasteiger partial charge in [-0.25, -0.2) is 5.21 Å². The van der Waals surface area contributed by atoms with Crippen molar-refractivity contribution in [2.45, 2.75) is 19.9 Å². The van der Waals surface area contributed by atoms with Crippen LogP contribution in [0.4, 0.5) is 0 Å². The Balaban J connectivity index is 2.28. The normalized spacial score (nSPS) is 28.5. The van der Waals surface area contributed by atoms with Crippen molar-refractivity contribution in [3.8, 4) is 11.5 Å². The van der Waals surface area contributed by atoms with E-state index in [4.69, 9.17) is 9.47 Å². The van der Waals surface area contributed by atoms with E-state index < -0.39 is 0 Å². The van der Waals surface area contributed by atoms with Crippen LogP contribution < -0.4 is 9.47 Å². The van der Waals surface area contributed by atoms with Crippen molar-refractivity contribution >= 4 is 0 Å². The lowest BCUT2D eigenvalue weighted by molar-refractivity contribution is -1.14. The molecule has 1 aromatic rings. The Kier molecular flexibility index (Phi) is 4.97. The molecule has 0 aromatic heterocycles. The molecule has 2 rings (SSSR count). The van der Waals surface area contributed by atoms with Gasteiger partial charge >= 0.3 is 0 Å². The number of hydroxylamine groups is 6. The maximum absolute atomic E-state index is 12.0. The van der Waals surface area contributed by atoms with Gasteiger partial charge in [0.25, 0.3) is 0 Å². The standard InChI is InChI=1S/C16H27N2O4/c1-5-13-10-14(16(22-4)15(11-13)21-3)12-18(20)8-6-17(2,19)7-9-18/h10-11,20H,5-9,12H2,1-4H3/q+1. The summed E-state index contributed by atoms with van der Waals surface area (Å²) < 4.78 is 10.5. The van der Waals surface area contributed by atoms with Gasteiger partial charge in [0, 0.05) is 0 Å². The molecule has 1 N–H and O–H groups in total. The van der Waals surface area contributed by atoms with E-state index in [0.717, 1.165) is 17.5 Å². The lowest BCUT2D eigenvalue weighted by atomic mass is 10.1. The fraction of sp³-hybridized carbons (Fsp3) is 0.625. The van der Waals surface area contributed by atoms with Gasteiger partial charge in [-0.1, -0.05) is 6.92 Å². The zero-order chi connectivity index (χ0) is 16.4. The molecule has 0 bridgehead atoms. The average molecular weight is 311 g/mol. The zero-order valence-corrected chi connectivity index (χ0v) is 14.0. The van der Waals surface area contributed by atoms with Crippen molar-refractivity contribution < 1.29 is 24.0 Å². The van der Waals surface area contributed by atoms with E-state index >= 15 is 0 Å². The molecule has 0 spiro atoms. The van der Waals surface area contributed by atoms with Gasteiger partial charge in [-0.05, 0) is 24.1 Å². The topological polar surface area (TPSA) is 61.8 Å². The fourth-order valence-corrected chi connectivity index (χ4v) is 2.92. The summed E-state index contributed by atoms with van der Waals surface area (Å²) >= 11 is 0. The molecule has 6 heteroatoms. The summed E-state index contributed by atoms with van der Waals surface area (Å²) in [7, 11) is 4.88. The molecule has 1 heterocycles. The Morgan fingerprint density at radius 1 is 1.14 bits per heavy atom. The number of rotatable bonds is 5. The molecule has 0 amide bonds. The van der Waals surface area contributed by atoms with Gasteiger partial charge in [-0.2, -0.15) is 4.65 Å². The third-order valence-electron chi connectivity index (χ3n) is 4.47. The van der Waals surface area contributed by atoms with Crippen LogP contribution in [-0.4, -0.2) is 61.9 Å². The van der Waals surface area contributed by atoms with Gasteiger partial charge < -0.3 is 19.3 Å². The first-order valence-electron chi connectivity index (χ1n) is 7.70. The van der Waals surface area contributed by atoms with Gasteiger partial charge in [0.1, 0.15) is 19.6 Å². The summed E-state index contributed by atoms with van der Waals surface area (Å²) in [6, 6.07) is 4.02. The molecule has 1 fully saturated rings. The van der Waals surface area contributed by atoms with Crippen LogP contribution in [0.5, 0.6) is 11.5 Å². The second kappa shape index (κ2) is 6.42. The molecule has 1 aliphatic heterocycles. The Bertz CT molecular complexity index is 521. The minimum absolute atomic E-state index is 0.122. The number of methoxy groups -OCH3 is 2. The van der Waals surface area contributed by atoms with Crippen molar-refractivity contribution in [3.63, 3.8) is 0 Å². The van der Waals surface area contributed by atoms with E-state index in [1.807, 2.05) is 6.07 Å². The van der Waals surface area contributed by atoms with Crippen molar-refractivity contribution in [1.29, 1.82) is 0 Å². The SMILES string of the molecule is CCc1cc(C[N+]2(O)CC[N+](C)([O-])CC2)c(OC)c(OC)c1. The highest BCUT2D eigenvalue weighted by Crippen LogP contribution is 2.35. The maximum Gasteiger partial charge on any atom is 0.169 e. The molecule has 22 heavy (non-hydrogen) atoms. The third kappa shape index (κ3) is 3.70. The molecule has 6 nitrogen and oxygen atoms in total. The molecule has 0 aliphatic carbocycles. The van der Waals surface area contributed by atoms with Crippen LogP contribution in [-0.2, 0) is 13.0 Å². The highest BCUT2D eigenvalue weighted by Gasteiger charge is 2.37. The molecule has 1 saturated heterocycles. The van der Waals surface area contributed by atoms with Crippen molar-refractivity contribution in [2.75, 3.05) is 47.4 Å². The number of benzene rings is 1. The summed E-state index contributed by atoms with van der Waals surface area (Å²) in [5.41, 5.74) is 2.06. The first kappa shape index (κ1) is 17.0. The largest absolute Gasteiger partial charge is 0.633 e. The van der Waals surface area contributed by atoms with Gasteiger partial charge in [0.2, 0.25) is 0 Å². The highest BCUT2D eigenvalue weighted by molar-refractivity contribution is 5.49. The van der Waals surface area contributed by atoms with E-state index in [-0.39, 0.29) is 9.29 Å². The summed E-state index contributed by atoms with van der Waals surface area (Å²) in [5.74, 6) is 1.35. The number of hydrogen-bond acceptors (Lipinski definition) is 4. The second-order valence-electron chi connectivity index (χ2n) is 6.29. The number of piperazine rings is 1. The molecule has 0 saturated carbocycles. The minimum atomic E-state index is -0.282. The number of likely N-dealkylation sites (N-methyl/N-ethyl adjacent to an activating group) is 1. The number of ether oxygens (including phenoxy) is 2. The molecule has 0 unspecified atom stereocenters. The van der Waals surface area contributed by atoms with Crippen LogP contribution in [0, 0.1) is 5.21 Å². The zero-order valence-electron chi connectivity index (χ0n) is 14.0. The van der Waals surface area contributed by atoms with Crippen LogP contribution in [0.25, 0.3) is 0 Å². The number of hydrogen-bond donors (Lipinski definition) is 1. The third-order valence-corrected chi connectivity index (χ3v) is 4.47. The summed E-state index contributed by atoms with van der Waals surface area (Å²) in [6.45, 7) is 4.24.